The van der Waals surface area contributed by atoms with Gasteiger partial charge in [0.1, 0.15) is 10.7 Å². The van der Waals surface area contributed by atoms with Gasteiger partial charge in [-0.2, -0.15) is 0 Å². The Bertz CT molecular complexity index is 839. The molecule has 0 radical (unpaired) electrons. The van der Waals surface area contributed by atoms with E-state index in [0.717, 1.165) is 29.0 Å². The molecule has 1 aromatic carbocycles. The van der Waals surface area contributed by atoms with Crippen LogP contribution in [0.4, 0.5) is 0 Å². The van der Waals surface area contributed by atoms with Crippen LogP contribution in [0.1, 0.15) is 5.82 Å². The maximum absolute atomic E-state index is 12.5. The first-order chi connectivity index (χ1) is 11.1. The zero-order valence-electron chi connectivity index (χ0n) is 13.3. The van der Waals surface area contributed by atoms with Crippen molar-refractivity contribution < 1.29 is 0 Å². The number of hydrogen-bond donors (Lipinski definition) is 2. The number of hydrogen-bond acceptors (Lipinski definition) is 5. The van der Waals surface area contributed by atoms with Crippen LogP contribution in [0.2, 0.25) is 0 Å². The molecule has 0 atom stereocenters. The molecule has 23 heavy (non-hydrogen) atoms. The largest absolute Gasteiger partial charge is 0.309 e. The Kier molecular flexibility index (Phi) is 4.85. The minimum atomic E-state index is -0.0699. The van der Waals surface area contributed by atoms with Crippen molar-refractivity contribution in [3.63, 3.8) is 0 Å². The Labute approximate surface area is 139 Å². The van der Waals surface area contributed by atoms with Crippen LogP contribution in [0.3, 0.4) is 0 Å². The number of H-pyrrole nitrogens is 1. The van der Waals surface area contributed by atoms with E-state index in [1.165, 1.54) is 11.3 Å². The fourth-order valence-electron chi connectivity index (χ4n) is 2.42. The van der Waals surface area contributed by atoms with Crippen molar-refractivity contribution in [3.05, 3.63) is 51.9 Å². The summed E-state index contributed by atoms with van der Waals surface area (Å²) in [7, 11) is 4.06. The number of nitrogens with one attached hydrogen (secondary N) is 2. The van der Waals surface area contributed by atoms with E-state index in [0.29, 0.717) is 17.8 Å². The van der Waals surface area contributed by atoms with E-state index in [1.54, 1.807) is 0 Å². The molecule has 0 spiro atoms. The fourth-order valence-corrected chi connectivity index (χ4v) is 3.38. The van der Waals surface area contributed by atoms with E-state index in [-0.39, 0.29) is 5.56 Å². The molecule has 0 amide bonds. The van der Waals surface area contributed by atoms with Gasteiger partial charge in [0, 0.05) is 24.0 Å². The second kappa shape index (κ2) is 7.04. The van der Waals surface area contributed by atoms with E-state index < -0.39 is 0 Å². The SMILES string of the molecule is CN(C)CCNCc1nc2scc(-c3ccccc3)c2c(=O)[nH]1. The van der Waals surface area contributed by atoms with Crippen LogP contribution in [0.5, 0.6) is 0 Å². The summed E-state index contributed by atoms with van der Waals surface area (Å²) in [5.74, 6) is 0.683. The van der Waals surface area contributed by atoms with Crippen molar-refractivity contribution >= 4 is 21.6 Å². The van der Waals surface area contributed by atoms with Crippen molar-refractivity contribution in [3.8, 4) is 11.1 Å². The van der Waals surface area contributed by atoms with Crippen LogP contribution in [0, 0.1) is 0 Å². The molecule has 2 aromatic heterocycles. The first-order valence-electron chi connectivity index (χ1n) is 7.56. The zero-order chi connectivity index (χ0) is 16.2. The lowest BCUT2D eigenvalue weighted by Gasteiger charge is -2.09. The topological polar surface area (TPSA) is 61.0 Å². The molecule has 0 bridgehead atoms. The summed E-state index contributed by atoms with van der Waals surface area (Å²) >= 11 is 1.51. The minimum absolute atomic E-state index is 0.0699. The quantitative estimate of drug-likeness (QED) is 0.682. The fraction of sp³-hybridized carbons (Fsp3) is 0.294. The first kappa shape index (κ1) is 15.9. The molecule has 6 heteroatoms. The Morgan fingerprint density at radius 3 is 2.78 bits per heavy atom. The molecular weight excluding hydrogens is 308 g/mol. The molecule has 5 nitrogen and oxygen atoms in total. The molecule has 2 heterocycles. The lowest BCUT2D eigenvalue weighted by molar-refractivity contribution is 0.399. The van der Waals surface area contributed by atoms with Crippen LogP contribution in [-0.2, 0) is 6.54 Å². The molecular formula is C17H20N4OS. The molecule has 3 aromatic rings. The third-order valence-corrected chi connectivity index (χ3v) is 4.48. The first-order valence-corrected chi connectivity index (χ1v) is 8.44. The number of likely N-dealkylation sites (N-methyl/N-ethyl adjacent to an activating group) is 1. The molecule has 3 rings (SSSR count). The minimum Gasteiger partial charge on any atom is -0.309 e. The average molecular weight is 328 g/mol. The normalized spacial score (nSPS) is 11.4. The van der Waals surface area contributed by atoms with Gasteiger partial charge in [-0.3, -0.25) is 4.79 Å². The van der Waals surface area contributed by atoms with Gasteiger partial charge in [-0.25, -0.2) is 4.98 Å². The summed E-state index contributed by atoms with van der Waals surface area (Å²) in [6.07, 6.45) is 0. The lowest BCUT2D eigenvalue weighted by Crippen LogP contribution is -2.27. The molecule has 2 N–H and O–H groups in total. The molecule has 0 fully saturated rings. The number of aromatic amines is 1. The standard InChI is InChI=1S/C17H20N4OS/c1-21(2)9-8-18-10-14-19-16(22)15-13(11-23-17(15)20-14)12-6-4-3-5-7-12/h3-7,11,18H,8-10H2,1-2H3,(H,19,20,22). The number of fused-ring (bicyclic) bond motifs is 1. The summed E-state index contributed by atoms with van der Waals surface area (Å²) < 4.78 is 0. The highest BCUT2D eigenvalue weighted by Gasteiger charge is 2.12. The summed E-state index contributed by atoms with van der Waals surface area (Å²) in [5.41, 5.74) is 1.92. The van der Waals surface area contributed by atoms with E-state index in [1.807, 2.05) is 49.8 Å². The monoisotopic (exact) mass is 328 g/mol. The van der Waals surface area contributed by atoms with Gasteiger partial charge in [-0.15, -0.1) is 11.3 Å². The predicted octanol–water partition coefficient (Wildman–Crippen LogP) is 2.30. The van der Waals surface area contributed by atoms with Crippen LogP contribution < -0.4 is 10.9 Å². The molecule has 120 valence electrons. The van der Waals surface area contributed by atoms with E-state index in [9.17, 15) is 4.79 Å². The summed E-state index contributed by atoms with van der Waals surface area (Å²) in [4.78, 5) is 22.9. The third-order valence-electron chi connectivity index (χ3n) is 3.61. The molecule has 0 aliphatic rings. The summed E-state index contributed by atoms with van der Waals surface area (Å²) in [5, 5.41) is 5.98. The van der Waals surface area contributed by atoms with Gasteiger partial charge < -0.3 is 15.2 Å². The highest BCUT2D eigenvalue weighted by atomic mass is 32.1. The number of rotatable bonds is 6. The average Bonchev–Trinajstić information content (AvgIpc) is 2.97. The van der Waals surface area contributed by atoms with Crippen molar-refractivity contribution in [2.75, 3.05) is 27.2 Å². The highest BCUT2D eigenvalue weighted by molar-refractivity contribution is 7.17. The smallest absolute Gasteiger partial charge is 0.260 e. The van der Waals surface area contributed by atoms with Crippen molar-refractivity contribution in [1.82, 2.24) is 20.2 Å². The van der Waals surface area contributed by atoms with Gasteiger partial charge in [0.15, 0.2) is 0 Å². The van der Waals surface area contributed by atoms with E-state index >= 15 is 0 Å². The number of benzene rings is 1. The van der Waals surface area contributed by atoms with Gasteiger partial charge in [0.25, 0.3) is 5.56 Å². The van der Waals surface area contributed by atoms with E-state index in [4.69, 9.17) is 0 Å². The van der Waals surface area contributed by atoms with Gasteiger partial charge in [-0.1, -0.05) is 30.3 Å². The Morgan fingerprint density at radius 1 is 1.26 bits per heavy atom. The second-order valence-corrected chi connectivity index (χ2v) is 6.55. The van der Waals surface area contributed by atoms with Gasteiger partial charge >= 0.3 is 0 Å². The number of thiophene rings is 1. The molecule has 0 saturated heterocycles. The van der Waals surface area contributed by atoms with Crippen molar-refractivity contribution in [1.29, 1.82) is 0 Å². The van der Waals surface area contributed by atoms with Crippen molar-refractivity contribution in [2.24, 2.45) is 0 Å². The zero-order valence-corrected chi connectivity index (χ0v) is 14.1. The van der Waals surface area contributed by atoms with Gasteiger partial charge in [0.2, 0.25) is 0 Å². The Balaban J connectivity index is 1.85. The summed E-state index contributed by atoms with van der Waals surface area (Å²) in [6.45, 7) is 2.37. The Hall–Kier alpha value is -2.02. The van der Waals surface area contributed by atoms with Crippen LogP contribution in [0.15, 0.2) is 40.5 Å². The van der Waals surface area contributed by atoms with Gasteiger partial charge in [0.05, 0.1) is 11.9 Å². The lowest BCUT2D eigenvalue weighted by atomic mass is 10.1. The molecule has 0 saturated carbocycles. The third kappa shape index (κ3) is 3.67. The van der Waals surface area contributed by atoms with E-state index in [2.05, 4.69) is 20.2 Å². The maximum atomic E-state index is 12.5. The van der Waals surface area contributed by atoms with Crippen LogP contribution >= 0.6 is 11.3 Å². The number of nitrogens with zero attached hydrogens (tertiary/aromatic N) is 2. The molecule has 0 aliphatic heterocycles. The number of aromatic nitrogens is 2. The van der Waals surface area contributed by atoms with Crippen molar-refractivity contribution in [2.45, 2.75) is 6.54 Å². The molecule has 0 aliphatic carbocycles. The maximum Gasteiger partial charge on any atom is 0.260 e. The van der Waals surface area contributed by atoms with Crippen LogP contribution in [0.25, 0.3) is 21.3 Å². The highest BCUT2D eigenvalue weighted by Crippen LogP contribution is 2.30. The Morgan fingerprint density at radius 2 is 2.04 bits per heavy atom. The summed E-state index contributed by atoms with van der Waals surface area (Å²) in [6, 6.07) is 9.94. The molecule has 0 unspecified atom stereocenters. The predicted molar refractivity (Wildman–Crippen MR) is 95.9 cm³/mol. The van der Waals surface area contributed by atoms with Gasteiger partial charge in [-0.05, 0) is 19.7 Å². The van der Waals surface area contributed by atoms with Crippen LogP contribution in [-0.4, -0.2) is 42.1 Å². The second-order valence-electron chi connectivity index (χ2n) is 5.69.